The number of aromatic nitrogens is 2. The van der Waals surface area contributed by atoms with Gasteiger partial charge in [0, 0.05) is 18.0 Å². The maximum atomic E-state index is 4.82. The molecular formula is C25H25N3S. The maximum absolute atomic E-state index is 4.82. The summed E-state index contributed by atoms with van der Waals surface area (Å²) in [5, 5.41) is 1.28. The normalized spacial score (nSPS) is 16.0. The first-order chi connectivity index (χ1) is 14.3. The zero-order valence-electron chi connectivity index (χ0n) is 16.7. The average Bonchev–Trinajstić information content (AvgIpc) is 3.12. The van der Waals surface area contributed by atoms with Gasteiger partial charge in [-0.1, -0.05) is 67.6 Å². The van der Waals surface area contributed by atoms with E-state index >= 15 is 0 Å². The summed E-state index contributed by atoms with van der Waals surface area (Å²) in [6, 6.07) is 21.4. The Kier molecular flexibility index (Phi) is 5.03. The summed E-state index contributed by atoms with van der Waals surface area (Å²) in [5.74, 6) is 1.84. The molecule has 0 unspecified atom stereocenters. The molecule has 1 aliphatic carbocycles. The molecule has 0 bridgehead atoms. The van der Waals surface area contributed by atoms with Gasteiger partial charge in [0.25, 0.3) is 0 Å². The van der Waals surface area contributed by atoms with Gasteiger partial charge in [-0.15, -0.1) is 11.3 Å². The average molecular weight is 400 g/mol. The Labute approximate surface area is 176 Å². The highest BCUT2D eigenvalue weighted by Crippen LogP contribution is 2.41. The molecule has 2 aromatic heterocycles. The topological polar surface area (TPSA) is 29.0 Å². The summed E-state index contributed by atoms with van der Waals surface area (Å²) in [6.45, 7) is 4.03. The van der Waals surface area contributed by atoms with E-state index in [0.717, 1.165) is 36.1 Å². The number of benzene rings is 2. The van der Waals surface area contributed by atoms with Crippen LogP contribution >= 0.6 is 11.3 Å². The van der Waals surface area contributed by atoms with Gasteiger partial charge in [-0.05, 0) is 41.9 Å². The lowest BCUT2D eigenvalue weighted by atomic mass is 9.89. The molecule has 4 heteroatoms. The zero-order chi connectivity index (χ0) is 19.6. The van der Waals surface area contributed by atoms with Crippen molar-refractivity contribution in [3.8, 4) is 0 Å². The molecule has 0 saturated carbocycles. The Morgan fingerprint density at radius 3 is 2.24 bits per heavy atom. The number of nitrogens with zero attached hydrogens (tertiary/aromatic N) is 3. The molecule has 0 saturated heterocycles. The first-order valence-electron chi connectivity index (χ1n) is 10.4. The van der Waals surface area contributed by atoms with Crippen molar-refractivity contribution >= 4 is 27.4 Å². The largest absolute Gasteiger partial charge is 0.347 e. The summed E-state index contributed by atoms with van der Waals surface area (Å²) in [6.07, 6.45) is 5.31. The summed E-state index contributed by atoms with van der Waals surface area (Å²) in [7, 11) is 0. The monoisotopic (exact) mass is 399 g/mol. The van der Waals surface area contributed by atoms with Gasteiger partial charge in [-0.2, -0.15) is 0 Å². The van der Waals surface area contributed by atoms with E-state index in [1.54, 1.807) is 6.33 Å². The van der Waals surface area contributed by atoms with Crippen molar-refractivity contribution in [2.24, 2.45) is 5.92 Å². The smallest absolute Gasteiger partial charge is 0.141 e. The van der Waals surface area contributed by atoms with Crippen molar-refractivity contribution < 1.29 is 0 Å². The van der Waals surface area contributed by atoms with Crippen LogP contribution in [0.4, 0.5) is 5.82 Å². The number of aryl methyl sites for hydroxylation is 1. The molecule has 0 aliphatic heterocycles. The number of hydrogen-bond donors (Lipinski definition) is 0. The molecule has 0 spiro atoms. The van der Waals surface area contributed by atoms with E-state index in [-0.39, 0.29) is 0 Å². The SMILES string of the molecule is C[C@@H]1CCc2c(sc3ncnc(N(Cc4ccccc4)Cc4ccccc4)c23)C1. The highest BCUT2D eigenvalue weighted by Gasteiger charge is 2.25. The van der Waals surface area contributed by atoms with Crippen LogP contribution in [0.5, 0.6) is 0 Å². The molecule has 0 fully saturated rings. The maximum Gasteiger partial charge on any atom is 0.141 e. The number of hydrogen-bond acceptors (Lipinski definition) is 4. The van der Waals surface area contributed by atoms with Crippen LogP contribution in [-0.2, 0) is 25.9 Å². The molecule has 2 aromatic carbocycles. The summed E-state index contributed by atoms with van der Waals surface area (Å²) >= 11 is 1.87. The van der Waals surface area contributed by atoms with Crippen LogP contribution in [0.2, 0.25) is 0 Å². The standard InChI is InChI=1S/C25H25N3S/c1-18-12-13-21-22(14-18)29-25-23(21)24(26-17-27-25)28(15-19-8-4-2-5-9-19)16-20-10-6-3-7-11-20/h2-11,17-18H,12-16H2,1H3/t18-/m1/s1. The number of rotatable bonds is 5. The van der Waals surface area contributed by atoms with Crippen molar-refractivity contribution in [3.05, 3.63) is 88.6 Å². The predicted molar refractivity (Wildman–Crippen MR) is 121 cm³/mol. The van der Waals surface area contributed by atoms with Crippen LogP contribution in [0.15, 0.2) is 67.0 Å². The first-order valence-corrected chi connectivity index (χ1v) is 11.2. The molecule has 3 nitrogen and oxygen atoms in total. The first kappa shape index (κ1) is 18.3. The highest BCUT2D eigenvalue weighted by molar-refractivity contribution is 7.19. The Bertz CT molecular complexity index is 1060. The van der Waals surface area contributed by atoms with Gasteiger partial charge in [0.2, 0.25) is 0 Å². The molecule has 0 amide bonds. The van der Waals surface area contributed by atoms with Crippen LogP contribution in [0.1, 0.15) is 34.9 Å². The Balaban J connectivity index is 1.60. The van der Waals surface area contributed by atoms with E-state index in [1.807, 2.05) is 11.3 Å². The van der Waals surface area contributed by atoms with Crippen LogP contribution in [0.25, 0.3) is 10.2 Å². The number of fused-ring (bicyclic) bond motifs is 3. The lowest BCUT2D eigenvalue weighted by Crippen LogP contribution is -2.23. The van der Waals surface area contributed by atoms with Crippen LogP contribution in [0, 0.1) is 5.92 Å². The van der Waals surface area contributed by atoms with Crippen LogP contribution < -0.4 is 4.90 Å². The van der Waals surface area contributed by atoms with E-state index in [2.05, 4.69) is 77.5 Å². The molecule has 0 radical (unpaired) electrons. The fourth-order valence-corrected chi connectivity index (χ4v) is 5.66. The van der Waals surface area contributed by atoms with E-state index in [0.29, 0.717) is 0 Å². The quantitative estimate of drug-likeness (QED) is 0.411. The van der Waals surface area contributed by atoms with Crippen LogP contribution in [-0.4, -0.2) is 9.97 Å². The van der Waals surface area contributed by atoms with E-state index in [4.69, 9.17) is 4.98 Å². The third-order valence-corrected chi connectivity index (χ3v) is 6.97. The van der Waals surface area contributed by atoms with Gasteiger partial charge in [0.05, 0.1) is 5.39 Å². The second-order valence-corrected chi connectivity index (χ2v) is 9.14. The van der Waals surface area contributed by atoms with Crippen LogP contribution in [0.3, 0.4) is 0 Å². The Hall–Kier alpha value is -2.72. The van der Waals surface area contributed by atoms with Crippen molar-refractivity contribution in [1.82, 2.24) is 9.97 Å². The fraction of sp³-hybridized carbons (Fsp3) is 0.280. The molecular weight excluding hydrogens is 374 g/mol. The van der Waals surface area contributed by atoms with Crippen molar-refractivity contribution in [2.75, 3.05) is 4.90 Å². The second-order valence-electron chi connectivity index (χ2n) is 8.06. The molecule has 0 N–H and O–H groups in total. The summed E-state index contributed by atoms with van der Waals surface area (Å²) in [5.41, 5.74) is 4.09. The molecule has 146 valence electrons. The van der Waals surface area contributed by atoms with Crippen molar-refractivity contribution in [3.63, 3.8) is 0 Å². The molecule has 2 heterocycles. The summed E-state index contributed by atoms with van der Waals surface area (Å²) in [4.78, 5) is 14.5. The predicted octanol–water partition coefficient (Wildman–Crippen LogP) is 6.02. The Morgan fingerprint density at radius 1 is 0.931 bits per heavy atom. The Morgan fingerprint density at radius 2 is 1.59 bits per heavy atom. The van der Waals surface area contributed by atoms with Gasteiger partial charge in [-0.3, -0.25) is 0 Å². The van der Waals surface area contributed by atoms with E-state index < -0.39 is 0 Å². The minimum Gasteiger partial charge on any atom is -0.347 e. The van der Waals surface area contributed by atoms with Gasteiger partial charge in [0.15, 0.2) is 0 Å². The molecule has 1 atom stereocenters. The fourth-order valence-electron chi connectivity index (χ4n) is 4.31. The summed E-state index contributed by atoms with van der Waals surface area (Å²) < 4.78 is 0. The third kappa shape index (κ3) is 3.77. The van der Waals surface area contributed by atoms with Crippen molar-refractivity contribution in [1.29, 1.82) is 0 Å². The molecule has 1 aliphatic rings. The van der Waals surface area contributed by atoms with Crippen molar-refractivity contribution in [2.45, 2.75) is 39.3 Å². The lowest BCUT2D eigenvalue weighted by molar-refractivity contribution is 0.509. The number of anilines is 1. The molecule has 5 rings (SSSR count). The zero-order valence-corrected chi connectivity index (χ0v) is 17.5. The highest BCUT2D eigenvalue weighted by atomic mass is 32.1. The minimum atomic E-state index is 0.761. The minimum absolute atomic E-state index is 0.761. The number of thiophene rings is 1. The van der Waals surface area contributed by atoms with Gasteiger partial charge in [0.1, 0.15) is 17.0 Å². The third-order valence-electron chi connectivity index (χ3n) is 5.80. The van der Waals surface area contributed by atoms with Gasteiger partial charge in [-0.25, -0.2) is 9.97 Å². The second kappa shape index (κ2) is 7.96. The van der Waals surface area contributed by atoms with Gasteiger partial charge < -0.3 is 4.90 Å². The van der Waals surface area contributed by atoms with E-state index in [1.165, 1.54) is 39.8 Å². The lowest BCUT2D eigenvalue weighted by Gasteiger charge is -2.26. The molecule has 29 heavy (non-hydrogen) atoms. The molecule has 4 aromatic rings. The van der Waals surface area contributed by atoms with Gasteiger partial charge >= 0.3 is 0 Å². The van der Waals surface area contributed by atoms with E-state index in [9.17, 15) is 0 Å².